The van der Waals surface area contributed by atoms with E-state index in [0.717, 1.165) is 0 Å². The zero-order valence-corrected chi connectivity index (χ0v) is 37.0. The Morgan fingerprint density at radius 1 is 0.375 bits per heavy atom. The van der Waals surface area contributed by atoms with Gasteiger partial charge in [0.2, 0.25) is 0 Å². The standard InChI is InChI=1S/C44H80N8O3S/c1-42(2,3)30-28-29(33(56(53,54)55)32(44(7,8)9)31(30)43(4,5)6)41-51-39-27-21-15-13-19-25(27)37(49-39)47-35-23-17-11-10-16-22(23)34(45-35)46-36-24-18-12-14-20-26(24)38(48-36)50-40(28)52-41/h22-41,45-52H,10-21H2,1-9H3,(H,53,54,55). The van der Waals surface area contributed by atoms with Gasteiger partial charge in [-0.3, -0.25) is 47.1 Å². The van der Waals surface area contributed by atoms with E-state index >= 15 is 0 Å². The van der Waals surface area contributed by atoms with E-state index in [1.54, 1.807) is 0 Å². The van der Waals surface area contributed by atoms with Crippen molar-refractivity contribution in [2.24, 2.45) is 81.3 Å². The van der Waals surface area contributed by atoms with Gasteiger partial charge in [0.15, 0.2) is 0 Å². The van der Waals surface area contributed by atoms with E-state index in [9.17, 15) is 13.0 Å². The van der Waals surface area contributed by atoms with Gasteiger partial charge in [0.1, 0.15) is 0 Å². The van der Waals surface area contributed by atoms with Crippen LogP contribution in [0, 0.1) is 81.3 Å². The first-order valence-corrected chi connectivity index (χ1v) is 24.9. The van der Waals surface area contributed by atoms with Crippen molar-refractivity contribution in [3.8, 4) is 0 Å². The Morgan fingerprint density at radius 2 is 0.625 bits per heavy atom. The molecule has 4 saturated carbocycles. The van der Waals surface area contributed by atoms with Gasteiger partial charge < -0.3 is 0 Å². The van der Waals surface area contributed by atoms with Gasteiger partial charge >= 0.3 is 0 Å². The lowest BCUT2D eigenvalue weighted by atomic mass is 9.46. The number of fused-ring (bicyclic) bond motifs is 20. The van der Waals surface area contributed by atoms with Crippen LogP contribution in [0.3, 0.4) is 0 Å². The summed E-state index contributed by atoms with van der Waals surface area (Å²) in [4.78, 5) is 0. The SMILES string of the molecule is CC(C)(C)C1C2C3NC4NC(NC5NC(NC6NC(NC(N3)C2C(S(=O)(=O)O)C(C(C)(C)C)C1C(C)(C)C)C1CCCCC61)C1CCCCC51)C1CCCCC41. The number of nitrogens with one attached hydrogen (secondary N) is 8. The monoisotopic (exact) mass is 801 g/mol. The smallest absolute Gasteiger partial charge is 0.268 e. The van der Waals surface area contributed by atoms with Crippen LogP contribution < -0.4 is 42.5 Å². The molecule has 320 valence electrons. The average molecular weight is 801 g/mol. The molecule has 11 nitrogen and oxygen atoms in total. The van der Waals surface area contributed by atoms with Gasteiger partial charge in [0.25, 0.3) is 10.1 Å². The molecule has 20 atom stereocenters. The first kappa shape index (κ1) is 41.0. The van der Waals surface area contributed by atoms with Crippen LogP contribution in [0.4, 0.5) is 0 Å². The van der Waals surface area contributed by atoms with Crippen LogP contribution in [0.25, 0.3) is 0 Å². The van der Waals surface area contributed by atoms with Crippen molar-refractivity contribution in [2.75, 3.05) is 0 Å². The van der Waals surface area contributed by atoms with E-state index in [2.05, 4.69) is 105 Å². The van der Waals surface area contributed by atoms with Gasteiger partial charge in [0.05, 0.1) is 54.6 Å². The highest BCUT2D eigenvalue weighted by Gasteiger charge is 2.68. The fourth-order valence-corrected chi connectivity index (χ4v) is 17.4. The fourth-order valence-electron chi connectivity index (χ4n) is 15.7. The highest BCUT2D eigenvalue weighted by molar-refractivity contribution is 7.86. The summed E-state index contributed by atoms with van der Waals surface area (Å²) < 4.78 is 40.3. The first-order chi connectivity index (χ1) is 26.3. The van der Waals surface area contributed by atoms with Crippen LogP contribution in [0.5, 0.6) is 0 Å². The molecule has 9 N–H and O–H groups in total. The van der Waals surface area contributed by atoms with Crippen LogP contribution in [0.1, 0.15) is 139 Å². The molecule has 0 spiro atoms. The Morgan fingerprint density at radius 3 is 0.893 bits per heavy atom. The predicted octanol–water partition coefficient (Wildman–Crippen LogP) is 5.29. The summed E-state index contributed by atoms with van der Waals surface area (Å²) in [5, 5.41) is 32.7. The molecule has 56 heavy (non-hydrogen) atoms. The van der Waals surface area contributed by atoms with E-state index in [1.807, 2.05) is 0 Å². The minimum Gasteiger partial charge on any atom is -0.286 e. The molecule has 5 aliphatic heterocycles. The Hall–Kier alpha value is -0.410. The lowest BCUT2D eigenvalue weighted by Gasteiger charge is -2.61. The van der Waals surface area contributed by atoms with E-state index in [1.165, 1.54) is 77.0 Å². The fraction of sp³-hybridized carbons (Fsp3) is 1.00. The van der Waals surface area contributed by atoms with Crippen molar-refractivity contribution < 1.29 is 13.0 Å². The van der Waals surface area contributed by atoms with Crippen LogP contribution in [0.2, 0.25) is 0 Å². The van der Waals surface area contributed by atoms with Crippen molar-refractivity contribution in [2.45, 2.75) is 194 Å². The van der Waals surface area contributed by atoms with E-state index in [-0.39, 0.29) is 95.2 Å². The Bertz CT molecular complexity index is 1540. The van der Waals surface area contributed by atoms with Crippen LogP contribution in [-0.4, -0.2) is 67.5 Å². The molecule has 0 aromatic carbocycles. The molecule has 0 radical (unpaired) electrons. The molecule has 8 bridgehead atoms. The highest BCUT2D eigenvalue weighted by atomic mass is 32.2. The minimum atomic E-state index is -4.45. The van der Waals surface area contributed by atoms with Gasteiger partial charge in [-0.2, -0.15) is 8.42 Å². The second-order valence-electron chi connectivity index (χ2n) is 23.8. The third-order valence-electron chi connectivity index (χ3n) is 17.5. The van der Waals surface area contributed by atoms with Gasteiger partial charge in [-0.1, -0.05) is 101 Å². The molecule has 0 amide bonds. The Balaban J connectivity index is 1.17. The van der Waals surface area contributed by atoms with Crippen molar-refractivity contribution >= 4 is 10.1 Å². The molecule has 5 saturated heterocycles. The molecule has 5 heterocycles. The lowest BCUT2D eigenvalue weighted by molar-refractivity contribution is -0.107. The summed E-state index contributed by atoms with van der Waals surface area (Å²) in [7, 11) is -4.45. The molecule has 0 aromatic heterocycles. The van der Waals surface area contributed by atoms with Crippen LogP contribution >= 0.6 is 0 Å². The minimum absolute atomic E-state index is 0.0214. The molecular weight excluding hydrogens is 721 g/mol. The Labute approximate surface area is 339 Å². The quantitative estimate of drug-likeness (QED) is 0.159. The summed E-state index contributed by atoms with van der Waals surface area (Å²) >= 11 is 0. The molecule has 9 rings (SSSR count). The zero-order chi connectivity index (χ0) is 39.7. The number of rotatable bonds is 1. The normalized spacial score (nSPS) is 51.2. The lowest BCUT2D eigenvalue weighted by Crippen LogP contribution is -2.65. The second kappa shape index (κ2) is 14.6. The van der Waals surface area contributed by atoms with Crippen LogP contribution in [-0.2, 0) is 10.1 Å². The maximum Gasteiger partial charge on any atom is 0.268 e. The summed E-state index contributed by atoms with van der Waals surface area (Å²) in [6, 6.07) is 0. The summed E-state index contributed by atoms with van der Waals surface area (Å²) in [5.41, 5.74) is -0.645. The number of hydrogen-bond acceptors (Lipinski definition) is 10. The van der Waals surface area contributed by atoms with Gasteiger partial charge in [-0.15, -0.1) is 0 Å². The van der Waals surface area contributed by atoms with Crippen molar-refractivity contribution in [3.05, 3.63) is 0 Å². The summed E-state index contributed by atoms with van der Waals surface area (Å²) in [5.74, 6) is 2.93. The van der Waals surface area contributed by atoms with E-state index < -0.39 is 15.4 Å². The predicted molar refractivity (Wildman–Crippen MR) is 223 cm³/mol. The molecule has 12 heteroatoms. The van der Waals surface area contributed by atoms with Crippen LogP contribution in [0.15, 0.2) is 0 Å². The van der Waals surface area contributed by atoms with Gasteiger partial charge in [0, 0.05) is 5.92 Å². The topological polar surface area (TPSA) is 151 Å². The zero-order valence-electron chi connectivity index (χ0n) is 36.2. The second-order valence-corrected chi connectivity index (χ2v) is 25.4. The van der Waals surface area contributed by atoms with Crippen molar-refractivity contribution in [1.29, 1.82) is 0 Å². The van der Waals surface area contributed by atoms with Gasteiger partial charge in [-0.25, -0.2) is 0 Å². The molecule has 4 aliphatic carbocycles. The molecule has 0 aromatic rings. The van der Waals surface area contributed by atoms with E-state index in [0.29, 0.717) is 35.5 Å². The first-order valence-electron chi connectivity index (χ1n) is 23.4. The third-order valence-corrected chi connectivity index (χ3v) is 18.8. The maximum absolute atomic E-state index is 14.3. The summed E-state index contributed by atoms with van der Waals surface area (Å²) in [6.07, 6.45) is 15.7. The average Bonchev–Trinajstić information content (AvgIpc) is 3.84. The van der Waals surface area contributed by atoms with E-state index in [4.69, 9.17) is 0 Å². The Kier molecular flexibility index (Phi) is 10.7. The largest absolute Gasteiger partial charge is 0.286 e. The van der Waals surface area contributed by atoms with Crippen molar-refractivity contribution in [1.82, 2.24) is 42.5 Å². The molecule has 9 aliphatic rings. The van der Waals surface area contributed by atoms with Gasteiger partial charge in [-0.05, 0) is 114 Å². The number of hydrogen-bond donors (Lipinski definition) is 9. The van der Waals surface area contributed by atoms with Crippen molar-refractivity contribution in [3.63, 3.8) is 0 Å². The molecular formula is C44H80N8O3S. The maximum atomic E-state index is 14.3. The highest BCUT2D eigenvalue weighted by Crippen LogP contribution is 2.63. The third kappa shape index (κ3) is 7.09. The molecule has 9 fully saturated rings. The molecule has 20 unspecified atom stereocenters. The summed E-state index contributed by atoms with van der Waals surface area (Å²) in [6.45, 7) is 20.8.